The quantitative estimate of drug-likeness (QED) is 0.700. The molecule has 1 aromatic heterocycles. The Morgan fingerprint density at radius 2 is 1.66 bits per heavy atom. The summed E-state index contributed by atoms with van der Waals surface area (Å²) in [5.74, 6) is 0.608. The van der Waals surface area contributed by atoms with Crippen LogP contribution in [0, 0.1) is 0 Å². The number of amides is 2. The van der Waals surface area contributed by atoms with Crippen LogP contribution in [0.25, 0.3) is 0 Å². The van der Waals surface area contributed by atoms with Crippen molar-refractivity contribution in [3.63, 3.8) is 0 Å². The molecule has 0 radical (unpaired) electrons. The molecule has 2 amide bonds. The molecule has 8 nitrogen and oxygen atoms in total. The Morgan fingerprint density at radius 1 is 1.10 bits per heavy atom. The summed E-state index contributed by atoms with van der Waals surface area (Å²) in [4.78, 5) is 12.6. The first-order chi connectivity index (χ1) is 13.1. The highest BCUT2D eigenvalue weighted by molar-refractivity contribution is 7.89. The van der Waals surface area contributed by atoms with Crippen molar-refractivity contribution in [2.24, 2.45) is 5.14 Å². The molecule has 1 unspecified atom stereocenters. The second-order valence-electron chi connectivity index (χ2n) is 9.18. The van der Waals surface area contributed by atoms with Crippen molar-refractivity contribution in [3.05, 3.63) is 41.6 Å². The second-order valence-corrected chi connectivity index (χ2v) is 10.7. The number of hydrogen-bond donors (Lipinski definition) is 3. The van der Waals surface area contributed by atoms with E-state index in [1.165, 1.54) is 12.1 Å². The first-order valence-corrected chi connectivity index (χ1v) is 10.9. The zero-order valence-electron chi connectivity index (χ0n) is 18.1. The van der Waals surface area contributed by atoms with Crippen molar-refractivity contribution in [2.45, 2.75) is 70.4 Å². The number of carbonyl (C=O) groups excluding carboxylic acids is 1. The van der Waals surface area contributed by atoms with Crippen molar-refractivity contribution in [1.29, 1.82) is 0 Å². The Labute approximate surface area is 172 Å². The van der Waals surface area contributed by atoms with Crippen LogP contribution in [0.4, 0.5) is 10.6 Å². The molecular formula is C20H31N5O3S. The van der Waals surface area contributed by atoms with E-state index >= 15 is 0 Å². The van der Waals surface area contributed by atoms with Gasteiger partial charge < -0.3 is 5.32 Å². The predicted molar refractivity (Wildman–Crippen MR) is 114 cm³/mol. The van der Waals surface area contributed by atoms with Crippen molar-refractivity contribution in [3.8, 4) is 0 Å². The molecule has 160 valence electrons. The number of carbonyl (C=O) groups is 1. The van der Waals surface area contributed by atoms with Crippen LogP contribution in [0.1, 0.15) is 65.8 Å². The molecular weight excluding hydrogens is 390 g/mol. The van der Waals surface area contributed by atoms with E-state index < -0.39 is 10.0 Å². The molecule has 2 aromatic rings. The maximum absolute atomic E-state index is 12.6. The lowest BCUT2D eigenvalue weighted by molar-refractivity contribution is 0.249. The van der Waals surface area contributed by atoms with E-state index in [0.717, 1.165) is 11.3 Å². The number of nitrogens with one attached hydrogen (secondary N) is 2. The third kappa shape index (κ3) is 5.80. The Hall–Kier alpha value is -2.39. The Morgan fingerprint density at radius 3 is 2.10 bits per heavy atom. The fourth-order valence-electron chi connectivity index (χ4n) is 2.73. The normalized spacial score (nSPS) is 13.8. The van der Waals surface area contributed by atoms with Crippen molar-refractivity contribution < 1.29 is 13.2 Å². The van der Waals surface area contributed by atoms with E-state index in [2.05, 4.69) is 36.5 Å². The van der Waals surface area contributed by atoms with Crippen LogP contribution in [0.3, 0.4) is 0 Å². The largest absolute Gasteiger partial charge is 0.331 e. The lowest BCUT2D eigenvalue weighted by Gasteiger charge is -2.23. The lowest BCUT2D eigenvalue weighted by Crippen LogP contribution is -2.34. The van der Waals surface area contributed by atoms with Crippen LogP contribution in [0.2, 0.25) is 0 Å². The van der Waals surface area contributed by atoms with E-state index in [-0.39, 0.29) is 27.9 Å². The number of anilines is 1. The average Bonchev–Trinajstić information content (AvgIpc) is 2.98. The number of benzene rings is 1. The van der Waals surface area contributed by atoms with Gasteiger partial charge in [-0.25, -0.2) is 23.0 Å². The maximum atomic E-state index is 12.6. The van der Waals surface area contributed by atoms with E-state index in [4.69, 9.17) is 5.14 Å². The number of nitrogens with zero attached hydrogens (tertiary/aromatic N) is 2. The molecule has 9 heteroatoms. The summed E-state index contributed by atoms with van der Waals surface area (Å²) in [5, 5.41) is 15.5. The monoisotopic (exact) mass is 421 g/mol. The molecule has 0 aliphatic heterocycles. The first-order valence-electron chi connectivity index (χ1n) is 9.40. The SMILES string of the molecule is CC(NC(=O)Nc1cc(C(C)(C)C)nn1C(C)(C)C)c1ccc(S(N)(=O)=O)cc1. The number of primary sulfonamides is 1. The van der Waals surface area contributed by atoms with Gasteiger partial charge in [-0.05, 0) is 45.4 Å². The summed E-state index contributed by atoms with van der Waals surface area (Å²) < 4.78 is 24.5. The molecule has 0 aliphatic carbocycles. The minimum absolute atomic E-state index is 0.0293. The number of hydrogen-bond acceptors (Lipinski definition) is 4. The summed E-state index contributed by atoms with van der Waals surface area (Å²) in [7, 11) is -3.75. The summed E-state index contributed by atoms with van der Waals surface area (Å²) >= 11 is 0. The number of urea groups is 1. The minimum atomic E-state index is -3.75. The van der Waals surface area contributed by atoms with Crippen molar-refractivity contribution >= 4 is 21.9 Å². The summed E-state index contributed by atoms with van der Waals surface area (Å²) in [6.45, 7) is 14.1. The highest BCUT2D eigenvalue weighted by atomic mass is 32.2. The van der Waals surface area contributed by atoms with Gasteiger partial charge in [0.05, 0.1) is 22.2 Å². The third-order valence-corrected chi connectivity index (χ3v) is 5.34. The second kappa shape index (κ2) is 7.79. The molecule has 1 atom stereocenters. The number of rotatable bonds is 4. The van der Waals surface area contributed by atoms with Gasteiger partial charge in [-0.1, -0.05) is 32.9 Å². The molecule has 0 saturated heterocycles. The fourth-order valence-corrected chi connectivity index (χ4v) is 3.24. The zero-order chi connectivity index (χ0) is 22.2. The highest BCUT2D eigenvalue weighted by Crippen LogP contribution is 2.28. The Kier molecular flexibility index (Phi) is 6.15. The van der Waals surface area contributed by atoms with Gasteiger partial charge in [-0.15, -0.1) is 0 Å². The van der Waals surface area contributed by atoms with E-state index in [1.807, 2.05) is 33.8 Å². The molecule has 29 heavy (non-hydrogen) atoms. The van der Waals surface area contributed by atoms with Crippen LogP contribution in [-0.4, -0.2) is 24.2 Å². The molecule has 0 fully saturated rings. The topological polar surface area (TPSA) is 119 Å². The van der Waals surface area contributed by atoms with Gasteiger partial charge in [0.25, 0.3) is 0 Å². The van der Waals surface area contributed by atoms with Gasteiger partial charge >= 0.3 is 6.03 Å². The van der Waals surface area contributed by atoms with E-state index in [1.54, 1.807) is 16.8 Å². The molecule has 1 heterocycles. The summed E-state index contributed by atoms with van der Waals surface area (Å²) in [5.41, 5.74) is 1.19. The van der Waals surface area contributed by atoms with Gasteiger partial charge in [0, 0.05) is 11.5 Å². The number of nitrogens with two attached hydrogens (primary N) is 1. The van der Waals surface area contributed by atoms with Crippen LogP contribution in [-0.2, 0) is 21.0 Å². The number of sulfonamides is 1. The molecule has 0 saturated carbocycles. The molecule has 2 rings (SSSR count). The molecule has 0 aliphatic rings. The van der Waals surface area contributed by atoms with Crippen molar-refractivity contribution in [2.75, 3.05) is 5.32 Å². The van der Waals surface area contributed by atoms with Crippen LogP contribution >= 0.6 is 0 Å². The molecule has 1 aromatic carbocycles. The molecule has 4 N–H and O–H groups in total. The summed E-state index contributed by atoms with van der Waals surface area (Å²) in [6.07, 6.45) is 0. The third-order valence-electron chi connectivity index (χ3n) is 4.41. The van der Waals surface area contributed by atoms with Gasteiger partial charge in [-0.3, -0.25) is 5.32 Å². The Bertz CT molecular complexity index is 981. The molecule has 0 bridgehead atoms. The highest BCUT2D eigenvalue weighted by Gasteiger charge is 2.26. The predicted octanol–water partition coefficient (Wildman–Crippen LogP) is 3.47. The maximum Gasteiger partial charge on any atom is 0.320 e. The average molecular weight is 422 g/mol. The minimum Gasteiger partial charge on any atom is -0.331 e. The smallest absolute Gasteiger partial charge is 0.320 e. The zero-order valence-corrected chi connectivity index (χ0v) is 18.9. The van der Waals surface area contributed by atoms with Crippen LogP contribution in [0.5, 0.6) is 0 Å². The summed E-state index contributed by atoms with van der Waals surface area (Å²) in [6, 6.07) is 7.27. The number of aromatic nitrogens is 2. The first kappa shape index (κ1) is 22.9. The van der Waals surface area contributed by atoms with Gasteiger partial charge in [-0.2, -0.15) is 5.10 Å². The lowest BCUT2D eigenvalue weighted by atomic mass is 9.92. The fraction of sp³-hybridized carbons (Fsp3) is 0.500. The van der Waals surface area contributed by atoms with Gasteiger partial charge in [0.15, 0.2) is 0 Å². The Balaban J connectivity index is 2.17. The van der Waals surface area contributed by atoms with Crippen LogP contribution < -0.4 is 15.8 Å². The van der Waals surface area contributed by atoms with E-state index in [0.29, 0.717) is 5.82 Å². The van der Waals surface area contributed by atoms with Crippen molar-refractivity contribution in [1.82, 2.24) is 15.1 Å². The van der Waals surface area contributed by atoms with Gasteiger partial charge in [0.1, 0.15) is 5.82 Å². The standard InChI is InChI=1S/C20H31N5O3S/c1-13(14-8-10-15(11-9-14)29(21,27)28)22-18(26)23-17-12-16(19(2,3)4)24-25(17)20(5,6)7/h8-13H,1-7H3,(H2,21,27,28)(H2,22,23,26). The van der Waals surface area contributed by atoms with Gasteiger partial charge in [0.2, 0.25) is 10.0 Å². The van der Waals surface area contributed by atoms with E-state index in [9.17, 15) is 13.2 Å². The molecule has 0 spiro atoms. The van der Waals surface area contributed by atoms with Crippen LogP contribution in [0.15, 0.2) is 35.2 Å².